The maximum absolute atomic E-state index is 13.5. The molecule has 0 bridgehead atoms. The molecule has 0 aliphatic heterocycles. The van der Waals surface area contributed by atoms with Crippen LogP contribution in [0, 0.1) is 11.6 Å². The molecule has 0 aromatic heterocycles. The van der Waals surface area contributed by atoms with E-state index in [2.05, 4.69) is 5.32 Å². The molecule has 3 nitrogen and oxygen atoms in total. The lowest BCUT2D eigenvalue weighted by molar-refractivity contribution is 0.102. The number of nitrogens with one attached hydrogen (secondary N) is 1. The van der Waals surface area contributed by atoms with E-state index in [1.807, 2.05) is 0 Å². The van der Waals surface area contributed by atoms with Gasteiger partial charge in [0.1, 0.15) is 4.99 Å². The maximum atomic E-state index is 13.5. The molecule has 0 aliphatic carbocycles. The van der Waals surface area contributed by atoms with Gasteiger partial charge >= 0.3 is 0 Å². The van der Waals surface area contributed by atoms with Crippen molar-refractivity contribution in [2.24, 2.45) is 5.73 Å². The van der Waals surface area contributed by atoms with Crippen LogP contribution < -0.4 is 11.1 Å². The van der Waals surface area contributed by atoms with Crippen LogP contribution in [0.2, 0.25) is 0 Å². The smallest absolute Gasteiger partial charge is 0.258 e. The Kier molecular flexibility index (Phi) is 4.05. The maximum Gasteiger partial charge on any atom is 0.258 e. The van der Waals surface area contributed by atoms with Crippen molar-refractivity contribution in [2.75, 3.05) is 5.32 Å². The van der Waals surface area contributed by atoms with Crippen molar-refractivity contribution in [3.05, 3.63) is 65.2 Å². The first-order chi connectivity index (χ1) is 9.49. The number of thiocarbonyl (C=S) groups is 1. The van der Waals surface area contributed by atoms with Gasteiger partial charge in [0.25, 0.3) is 5.91 Å². The number of carbonyl (C=O) groups is 1. The highest BCUT2D eigenvalue weighted by molar-refractivity contribution is 7.80. The molecule has 102 valence electrons. The quantitative estimate of drug-likeness (QED) is 0.855. The largest absolute Gasteiger partial charge is 0.389 e. The average molecular weight is 292 g/mol. The molecule has 0 saturated heterocycles. The van der Waals surface area contributed by atoms with E-state index < -0.39 is 17.5 Å². The first-order valence-corrected chi connectivity index (χ1v) is 6.05. The number of hydrogen-bond acceptors (Lipinski definition) is 2. The van der Waals surface area contributed by atoms with E-state index in [4.69, 9.17) is 18.0 Å². The SMILES string of the molecule is NC(=S)c1cccc(NC(=O)c2cccc(F)c2F)c1. The number of benzene rings is 2. The van der Waals surface area contributed by atoms with Crippen LogP contribution in [0.15, 0.2) is 42.5 Å². The van der Waals surface area contributed by atoms with Gasteiger partial charge in [-0.1, -0.05) is 30.4 Å². The fourth-order valence-corrected chi connectivity index (χ4v) is 1.75. The summed E-state index contributed by atoms with van der Waals surface area (Å²) in [5, 5.41) is 2.46. The van der Waals surface area contributed by atoms with E-state index in [1.165, 1.54) is 12.1 Å². The fourth-order valence-electron chi connectivity index (χ4n) is 1.63. The Labute approximate surface area is 119 Å². The minimum atomic E-state index is -1.18. The first-order valence-electron chi connectivity index (χ1n) is 5.64. The van der Waals surface area contributed by atoms with E-state index in [0.717, 1.165) is 6.07 Å². The molecule has 0 saturated carbocycles. The van der Waals surface area contributed by atoms with Gasteiger partial charge in [-0.15, -0.1) is 0 Å². The highest BCUT2D eigenvalue weighted by Gasteiger charge is 2.15. The van der Waals surface area contributed by atoms with Crippen LogP contribution >= 0.6 is 12.2 Å². The molecule has 0 unspecified atom stereocenters. The molecular weight excluding hydrogens is 282 g/mol. The lowest BCUT2D eigenvalue weighted by Crippen LogP contribution is -2.15. The van der Waals surface area contributed by atoms with E-state index in [-0.39, 0.29) is 10.6 Å². The number of carbonyl (C=O) groups excluding carboxylic acids is 1. The Balaban J connectivity index is 2.26. The first kappa shape index (κ1) is 14.1. The van der Waals surface area contributed by atoms with Gasteiger partial charge in [0, 0.05) is 11.3 Å². The highest BCUT2D eigenvalue weighted by atomic mass is 32.1. The Morgan fingerprint density at radius 2 is 1.85 bits per heavy atom. The molecule has 2 aromatic rings. The topological polar surface area (TPSA) is 55.1 Å². The van der Waals surface area contributed by atoms with Crippen LogP contribution in [0.3, 0.4) is 0 Å². The zero-order valence-electron chi connectivity index (χ0n) is 10.2. The van der Waals surface area contributed by atoms with Gasteiger partial charge in [0.05, 0.1) is 5.56 Å². The molecule has 0 radical (unpaired) electrons. The highest BCUT2D eigenvalue weighted by Crippen LogP contribution is 2.15. The predicted molar refractivity (Wildman–Crippen MR) is 76.6 cm³/mol. The van der Waals surface area contributed by atoms with Gasteiger partial charge in [0.2, 0.25) is 0 Å². The molecular formula is C14H10F2N2OS. The second-order valence-electron chi connectivity index (χ2n) is 4.00. The monoisotopic (exact) mass is 292 g/mol. The molecule has 0 aliphatic rings. The second-order valence-corrected chi connectivity index (χ2v) is 4.44. The van der Waals surface area contributed by atoms with Gasteiger partial charge in [-0.2, -0.15) is 0 Å². The lowest BCUT2D eigenvalue weighted by atomic mass is 10.1. The minimum absolute atomic E-state index is 0.179. The summed E-state index contributed by atoms with van der Waals surface area (Å²) in [4.78, 5) is 12.1. The Hall–Kier alpha value is -2.34. The van der Waals surface area contributed by atoms with Gasteiger partial charge in [0.15, 0.2) is 11.6 Å². The summed E-state index contributed by atoms with van der Waals surface area (Å²) in [6.07, 6.45) is 0. The van der Waals surface area contributed by atoms with Crippen LogP contribution in [0.25, 0.3) is 0 Å². The van der Waals surface area contributed by atoms with Crippen LogP contribution in [-0.4, -0.2) is 10.9 Å². The Morgan fingerprint density at radius 3 is 2.55 bits per heavy atom. The van der Waals surface area contributed by atoms with Crippen LogP contribution in [0.4, 0.5) is 14.5 Å². The van der Waals surface area contributed by atoms with Crippen molar-refractivity contribution in [1.29, 1.82) is 0 Å². The standard InChI is InChI=1S/C14H10F2N2OS/c15-11-6-2-5-10(12(11)16)14(19)18-9-4-1-3-8(7-9)13(17)20/h1-7H,(H2,17,20)(H,18,19). The van der Waals surface area contributed by atoms with Crippen LogP contribution in [0.1, 0.15) is 15.9 Å². The van der Waals surface area contributed by atoms with E-state index in [0.29, 0.717) is 11.3 Å². The normalized spacial score (nSPS) is 10.1. The molecule has 0 fully saturated rings. The van der Waals surface area contributed by atoms with Crippen molar-refractivity contribution in [2.45, 2.75) is 0 Å². The van der Waals surface area contributed by atoms with E-state index >= 15 is 0 Å². The molecule has 20 heavy (non-hydrogen) atoms. The van der Waals surface area contributed by atoms with Gasteiger partial charge in [-0.25, -0.2) is 8.78 Å². The second kappa shape index (κ2) is 5.75. The van der Waals surface area contributed by atoms with E-state index in [1.54, 1.807) is 24.3 Å². The number of anilines is 1. The minimum Gasteiger partial charge on any atom is -0.389 e. The van der Waals surface area contributed by atoms with Gasteiger partial charge < -0.3 is 11.1 Å². The van der Waals surface area contributed by atoms with Crippen molar-refractivity contribution >= 4 is 28.8 Å². The predicted octanol–water partition coefficient (Wildman–Crippen LogP) is 2.85. The molecule has 2 aromatic carbocycles. The third-order valence-electron chi connectivity index (χ3n) is 2.60. The zero-order valence-corrected chi connectivity index (χ0v) is 11.0. The molecule has 0 spiro atoms. The van der Waals surface area contributed by atoms with Crippen molar-refractivity contribution in [3.63, 3.8) is 0 Å². The summed E-state index contributed by atoms with van der Waals surface area (Å²) in [6, 6.07) is 9.88. The summed E-state index contributed by atoms with van der Waals surface area (Å²) in [5.41, 5.74) is 6.07. The number of halogens is 2. The Bertz CT molecular complexity index is 689. The van der Waals surface area contributed by atoms with Crippen molar-refractivity contribution < 1.29 is 13.6 Å². The number of amides is 1. The van der Waals surface area contributed by atoms with Gasteiger partial charge in [-0.05, 0) is 24.3 Å². The molecule has 2 rings (SSSR count). The third-order valence-corrected chi connectivity index (χ3v) is 2.84. The fraction of sp³-hybridized carbons (Fsp3) is 0. The molecule has 6 heteroatoms. The lowest BCUT2D eigenvalue weighted by Gasteiger charge is -2.08. The number of hydrogen-bond donors (Lipinski definition) is 2. The molecule has 3 N–H and O–H groups in total. The summed E-state index contributed by atoms with van der Waals surface area (Å²) in [7, 11) is 0. The molecule has 0 atom stereocenters. The molecule has 1 amide bonds. The zero-order chi connectivity index (χ0) is 14.7. The van der Waals surface area contributed by atoms with Crippen molar-refractivity contribution in [3.8, 4) is 0 Å². The number of rotatable bonds is 3. The number of nitrogens with two attached hydrogens (primary N) is 1. The Morgan fingerprint density at radius 1 is 1.15 bits per heavy atom. The van der Waals surface area contributed by atoms with Crippen LogP contribution in [-0.2, 0) is 0 Å². The molecule has 0 heterocycles. The van der Waals surface area contributed by atoms with Gasteiger partial charge in [-0.3, -0.25) is 4.79 Å². The van der Waals surface area contributed by atoms with Crippen LogP contribution in [0.5, 0.6) is 0 Å². The van der Waals surface area contributed by atoms with Crippen molar-refractivity contribution in [1.82, 2.24) is 0 Å². The van der Waals surface area contributed by atoms with E-state index in [9.17, 15) is 13.6 Å². The summed E-state index contributed by atoms with van der Waals surface area (Å²) < 4.78 is 26.5. The third kappa shape index (κ3) is 2.97. The average Bonchev–Trinajstić information content (AvgIpc) is 2.42. The summed E-state index contributed by atoms with van der Waals surface area (Å²) in [5.74, 6) is -3.01. The summed E-state index contributed by atoms with van der Waals surface area (Å²) >= 11 is 4.82. The summed E-state index contributed by atoms with van der Waals surface area (Å²) in [6.45, 7) is 0.